The van der Waals surface area contributed by atoms with Gasteiger partial charge in [0.25, 0.3) is 11.5 Å². The summed E-state index contributed by atoms with van der Waals surface area (Å²) in [5.74, 6) is 7.04. The molecule has 0 aliphatic heterocycles. The van der Waals surface area contributed by atoms with Gasteiger partial charge in [-0.3, -0.25) is 14.2 Å². The summed E-state index contributed by atoms with van der Waals surface area (Å²) in [6.07, 6.45) is 6.79. The summed E-state index contributed by atoms with van der Waals surface area (Å²) in [5.41, 5.74) is 3.09. The van der Waals surface area contributed by atoms with Gasteiger partial charge in [0.2, 0.25) is 0 Å². The Hall–Kier alpha value is -4.77. The van der Waals surface area contributed by atoms with Gasteiger partial charge in [-0.05, 0) is 57.0 Å². The number of amides is 1. The van der Waals surface area contributed by atoms with Gasteiger partial charge in [0.15, 0.2) is 5.65 Å². The van der Waals surface area contributed by atoms with Crippen LogP contribution in [0.4, 0.5) is 0 Å². The van der Waals surface area contributed by atoms with Gasteiger partial charge in [-0.25, -0.2) is 14.5 Å². The average molecular weight is 503 g/mol. The van der Waals surface area contributed by atoms with Crippen molar-refractivity contribution < 1.29 is 4.79 Å². The van der Waals surface area contributed by atoms with Crippen LogP contribution in [0.3, 0.4) is 0 Å². The quantitative estimate of drug-likeness (QED) is 0.368. The van der Waals surface area contributed by atoms with E-state index in [4.69, 9.17) is 4.98 Å². The summed E-state index contributed by atoms with van der Waals surface area (Å²) in [7, 11) is 0. The highest BCUT2D eigenvalue weighted by molar-refractivity contribution is 6.01. The molecule has 38 heavy (non-hydrogen) atoms. The molecule has 5 aromatic rings. The Bertz CT molecular complexity index is 1810. The number of fused-ring (bicyclic) bond motifs is 2. The maximum atomic E-state index is 14.1. The Labute approximate surface area is 219 Å². The van der Waals surface area contributed by atoms with Crippen molar-refractivity contribution in [2.75, 3.05) is 0 Å². The SMILES string of the molecule is Cc1nn2cccnc2c1C(=O)N[C@@H](C)c1nc2cccc(C#CC3CCC3)c2c(=O)n1-c1ccccc1. The van der Waals surface area contributed by atoms with Crippen molar-refractivity contribution in [3.05, 3.63) is 100.0 Å². The van der Waals surface area contributed by atoms with Crippen molar-refractivity contribution in [3.8, 4) is 17.5 Å². The van der Waals surface area contributed by atoms with Crippen molar-refractivity contribution in [2.45, 2.75) is 39.2 Å². The van der Waals surface area contributed by atoms with Crippen molar-refractivity contribution >= 4 is 22.5 Å². The minimum Gasteiger partial charge on any atom is -0.342 e. The lowest BCUT2D eigenvalue weighted by Gasteiger charge is -2.20. The Kier molecular flexibility index (Phi) is 5.97. The van der Waals surface area contributed by atoms with Gasteiger partial charge in [-0.2, -0.15) is 5.10 Å². The zero-order chi connectivity index (χ0) is 26.2. The summed E-state index contributed by atoms with van der Waals surface area (Å²) < 4.78 is 3.15. The van der Waals surface area contributed by atoms with Crippen LogP contribution in [0.25, 0.3) is 22.2 Å². The summed E-state index contributed by atoms with van der Waals surface area (Å²) in [6, 6.07) is 16.1. The molecular weight excluding hydrogens is 476 g/mol. The lowest BCUT2D eigenvalue weighted by molar-refractivity contribution is 0.0938. The van der Waals surface area contributed by atoms with Gasteiger partial charge in [0.05, 0.1) is 28.3 Å². The van der Waals surface area contributed by atoms with Gasteiger partial charge in [0, 0.05) is 23.9 Å². The zero-order valence-corrected chi connectivity index (χ0v) is 21.2. The third-order valence-electron chi connectivity index (χ3n) is 6.99. The fraction of sp³-hybridized carbons (Fsp3) is 0.233. The number of aryl methyl sites for hydroxylation is 1. The number of nitrogens with one attached hydrogen (secondary N) is 1. The second-order valence-corrected chi connectivity index (χ2v) is 9.59. The zero-order valence-electron chi connectivity index (χ0n) is 21.2. The molecule has 1 amide bonds. The van der Waals surface area contributed by atoms with Crippen molar-refractivity contribution in [2.24, 2.45) is 5.92 Å². The first-order chi connectivity index (χ1) is 18.5. The van der Waals surface area contributed by atoms with Crippen LogP contribution in [0.2, 0.25) is 0 Å². The van der Waals surface area contributed by atoms with Gasteiger partial charge < -0.3 is 5.32 Å². The van der Waals surface area contributed by atoms with Crippen LogP contribution in [0.15, 0.2) is 71.8 Å². The summed E-state index contributed by atoms with van der Waals surface area (Å²) in [5, 5.41) is 7.89. The highest BCUT2D eigenvalue weighted by atomic mass is 16.2. The molecule has 1 atom stereocenters. The number of hydrogen-bond acceptors (Lipinski definition) is 5. The van der Waals surface area contributed by atoms with E-state index in [1.165, 1.54) is 6.42 Å². The van der Waals surface area contributed by atoms with E-state index in [1.54, 1.807) is 34.5 Å². The fourth-order valence-corrected chi connectivity index (χ4v) is 4.80. The molecule has 1 fully saturated rings. The van der Waals surface area contributed by atoms with E-state index >= 15 is 0 Å². The molecule has 8 nitrogen and oxygen atoms in total. The monoisotopic (exact) mass is 502 g/mol. The smallest absolute Gasteiger partial charge is 0.267 e. The van der Waals surface area contributed by atoms with Crippen molar-refractivity contribution in [3.63, 3.8) is 0 Å². The lowest BCUT2D eigenvalue weighted by atomic mass is 9.86. The molecular formula is C30H26N6O2. The van der Waals surface area contributed by atoms with Crippen LogP contribution in [-0.4, -0.2) is 30.1 Å². The third kappa shape index (κ3) is 4.12. The number of aromatic nitrogens is 5. The van der Waals surface area contributed by atoms with Crippen LogP contribution in [0.5, 0.6) is 0 Å². The molecule has 3 heterocycles. The molecule has 0 bridgehead atoms. The number of nitrogens with zero attached hydrogens (tertiary/aromatic N) is 5. The molecule has 2 aromatic carbocycles. The molecule has 188 valence electrons. The summed E-state index contributed by atoms with van der Waals surface area (Å²) >= 11 is 0. The fourth-order valence-electron chi connectivity index (χ4n) is 4.80. The maximum absolute atomic E-state index is 14.1. The van der Waals surface area contributed by atoms with Crippen LogP contribution < -0.4 is 10.9 Å². The van der Waals surface area contributed by atoms with Gasteiger partial charge in [0.1, 0.15) is 11.4 Å². The van der Waals surface area contributed by atoms with Crippen LogP contribution >= 0.6 is 0 Å². The van der Waals surface area contributed by atoms with E-state index in [1.807, 2.05) is 55.5 Å². The molecule has 3 aromatic heterocycles. The van der Waals surface area contributed by atoms with Crippen LogP contribution in [0.1, 0.15) is 59.7 Å². The molecule has 0 spiro atoms. The molecule has 0 unspecified atom stereocenters. The van der Waals surface area contributed by atoms with E-state index in [2.05, 4.69) is 27.2 Å². The standard InChI is InChI=1S/C30H26N6O2/c1-19-25(28-31-17-8-18-35(28)34-19)29(37)32-20(2)27-33-24-14-7-11-22(16-15-21-9-6-10-21)26(24)30(38)36(27)23-12-4-3-5-13-23/h3-5,7-8,11-14,17-18,20-21H,6,9-10H2,1-2H3,(H,32,37)/t20-/m0/s1. The molecule has 6 rings (SSSR count). The second-order valence-electron chi connectivity index (χ2n) is 9.59. The van der Waals surface area contributed by atoms with E-state index in [9.17, 15) is 9.59 Å². The minimum absolute atomic E-state index is 0.218. The highest BCUT2D eigenvalue weighted by Crippen LogP contribution is 2.26. The predicted molar refractivity (Wildman–Crippen MR) is 145 cm³/mol. The average Bonchev–Trinajstić information content (AvgIpc) is 3.23. The van der Waals surface area contributed by atoms with E-state index in [0.717, 1.165) is 12.8 Å². The Morgan fingerprint density at radius 2 is 1.92 bits per heavy atom. The summed E-state index contributed by atoms with van der Waals surface area (Å²) in [4.78, 5) is 36.7. The van der Waals surface area contributed by atoms with Gasteiger partial charge in [-0.1, -0.05) is 42.5 Å². The molecule has 0 saturated heterocycles. The first-order valence-corrected chi connectivity index (χ1v) is 12.7. The van der Waals surface area contributed by atoms with Gasteiger partial charge >= 0.3 is 0 Å². The number of carbonyl (C=O) groups is 1. The van der Waals surface area contributed by atoms with Crippen molar-refractivity contribution in [1.29, 1.82) is 0 Å². The van der Waals surface area contributed by atoms with E-state index in [0.29, 0.717) is 50.8 Å². The number of carbonyl (C=O) groups excluding carboxylic acids is 1. The van der Waals surface area contributed by atoms with Crippen molar-refractivity contribution in [1.82, 2.24) is 29.5 Å². The summed E-state index contributed by atoms with van der Waals surface area (Å²) in [6.45, 7) is 3.59. The Balaban J connectivity index is 1.47. The molecule has 1 N–H and O–H groups in total. The lowest BCUT2D eigenvalue weighted by Crippen LogP contribution is -2.33. The minimum atomic E-state index is -0.595. The first-order valence-electron chi connectivity index (χ1n) is 12.7. The number of hydrogen-bond donors (Lipinski definition) is 1. The number of benzene rings is 2. The van der Waals surface area contributed by atoms with Crippen LogP contribution in [0, 0.1) is 24.7 Å². The van der Waals surface area contributed by atoms with E-state index < -0.39 is 6.04 Å². The molecule has 8 heteroatoms. The highest BCUT2D eigenvalue weighted by Gasteiger charge is 2.24. The molecule has 0 radical (unpaired) electrons. The van der Waals surface area contributed by atoms with Crippen LogP contribution in [-0.2, 0) is 0 Å². The normalized spacial score (nSPS) is 14.1. The molecule has 1 aliphatic carbocycles. The third-order valence-corrected chi connectivity index (χ3v) is 6.99. The maximum Gasteiger partial charge on any atom is 0.267 e. The predicted octanol–water partition coefficient (Wildman–Crippen LogP) is 4.38. The topological polar surface area (TPSA) is 94.2 Å². The largest absolute Gasteiger partial charge is 0.342 e. The number of para-hydroxylation sites is 1. The van der Waals surface area contributed by atoms with E-state index in [-0.39, 0.29) is 11.5 Å². The Morgan fingerprint density at radius 1 is 1.11 bits per heavy atom. The second kappa shape index (κ2) is 9.60. The Morgan fingerprint density at radius 3 is 2.68 bits per heavy atom. The number of rotatable bonds is 4. The molecule has 1 saturated carbocycles. The first kappa shape index (κ1) is 23.6. The molecule has 1 aliphatic rings. The van der Waals surface area contributed by atoms with Gasteiger partial charge in [-0.15, -0.1) is 0 Å².